The van der Waals surface area contributed by atoms with Gasteiger partial charge in [0.2, 0.25) is 5.91 Å². The van der Waals surface area contributed by atoms with E-state index in [1.54, 1.807) is 6.08 Å². The van der Waals surface area contributed by atoms with Gasteiger partial charge in [-0.15, -0.1) is 0 Å². The lowest BCUT2D eigenvalue weighted by Crippen LogP contribution is -2.37. The molecule has 0 spiro atoms. The summed E-state index contributed by atoms with van der Waals surface area (Å²) in [7, 11) is 0. The molecule has 0 N–H and O–H groups in total. The Hall–Kier alpha value is -3.32. The number of para-hydroxylation sites is 1. The van der Waals surface area contributed by atoms with Crippen molar-refractivity contribution in [1.29, 1.82) is 5.26 Å². The average molecular weight is 410 g/mol. The van der Waals surface area contributed by atoms with E-state index in [4.69, 9.17) is 5.26 Å². The van der Waals surface area contributed by atoms with E-state index in [9.17, 15) is 4.79 Å². The van der Waals surface area contributed by atoms with Crippen molar-refractivity contribution < 1.29 is 4.79 Å². The molecule has 4 heteroatoms. The molecule has 2 aromatic carbocycles. The number of rotatable bonds is 6. The third kappa shape index (κ3) is 3.88. The predicted octanol–water partition coefficient (Wildman–Crippen LogP) is 5.64. The van der Waals surface area contributed by atoms with E-state index in [-0.39, 0.29) is 11.9 Å². The first-order valence-electron chi connectivity index (χ1n) is 11.3. The summed E-state index contributed by atoms with van der Waals surface area (Å²) < 4.78 is 2.11. The van der Waals surface area contributed by atoms with Gasteiger partial charge in [0.1, 0.15) is 0 Å². The second kappa shape index (κ2) is 8.43. The minimum absolute atomic E-state index is 0.109. The number of nitriles is 1. The molecule has 0 bridgehead atoms. The van der Waals surface area contributed by atoms with Gasteiger partial charge in [-0.2, -0.15) is 5.26 Å². The van der Waals surface area contributed by atoms with E-state index in [2.05, 4.69) is 58.1 Å². The number of carbonyl (C=O) groups is 1. The third-order valence-corrected chi connectivity index (χ3v) is 6.56. The Bertz CT molecular complexity index is 1180. The van der Waals surface area contributed by atoms with E-state index in [0.717, 1.165) is 48.6 Å². The topological polar surface area (TPSA) is 49.0 Å². The maximum Gasteiger partial charge on any atom is 0.247 e. The normalized spacial score (nSPS) is 18.1. The van der Waals surface area contributed by atoms with Crippen LogP contribution in [0.3, 0.4) is 0 Å². The van der Waals surface area contributed by atoms with Crippen molar-refractivity contribution in [1.82, 2.24) is 9.47 Å². The van der Waals surface area contributed by atoms with Crippen molar-refractivity contribution in [2.45, 2.75) is 57.2 Å². The Balaban J connectivity index is 1.44. The number of hydrogen-bond donors (Lipinski definition) is 0. The van der Waals surface area contributed by atoms with Crippen LogP contribution in [-0.4, -0.2) is 21.4 Å². The quantitative estimate of drug-likeness (QED) is 0.495. The molecule has 1 unspecified atom stereocenters. The molecule has 0 aliphatic heterocycles. The van der Waals surface area contributed by atoms with Crippen LogP contribution in [0.5, 0.6) is 0 Å². The molecule has 31 heavy (non-hydrogen) atoms. The number of aromatic nitrogens is 1. The maximum atomic E-state index is 13.4. The summed E-state index contributed by atoms with van der Waals surface area (Å²) in [4.78, 5) is 15.6. The summed E-state index contributed by atoms with van der Waals surface area (Å²) in [6.45, 7) is 0.659. The van der Waals surface area contributed by atoms with Crippen LogP contribution in [0.1, 0.15) is 54.8 Å². The van der Waals surface area contributed by atoms with Gasteiger partial charge < -0.3 is 9.47 Å². The molecule has 1 saturated carbocycles. The van der Waals surface area contributed by atoms with Crippen LogP contribution < -0.4 is 0 Å². The van der Waals surface area contributed by atoms with Crippen molar-refractivity contribution >= 4 is 22.9 Å². The molecule has 2 aliphatic rings. The fourth-order valence-corrected chi connectivity index (χ4v) is 4.97. The van der Waals surface area contributed by atoms with Gasteiger partial charge in [-0.25, -0.2) is 0 Å². The van der Waals surface area contributed by atoms with Crippen molar-refractivity contribution in [3.05, 3.63) is 77.5 Å². The van der Waals surface area contributed by atoms with Crippen LogP contribution in [0, 0.1) is 11.3 Å². The Kier molecular flexibility index (Phi) is 5.34. The van der Waals surface area contributed by atoms with Crippen LogP contribution >= 0.6 is 0 Å². The molecule has 5 rings (SSSR count). The van der Waals surface area contributed by atoms with Gasteiger partial charge in [-0.1, -0.05) is 42.5 Å². The second-order valence-electron chi connectivity index (χ2n) is 8.62. The second-order valence-corrected chi connectivity index (χ2v) is 8.62. The predicted molar refractivity (Wildman–Crippen MR) is 123 cm³/mol. The van der Waals surface area contributed by atoms with Crippen molar-refractivity contribution in [2.75, 3.05) is 0 Å². The minimum Gasteiger partial charge on any atom is -0.346 e. The molecule has 4 nitrogen and oxygen atoms in total. The zero-order valence-electron chi connectivity index (χ0n) is 17.7. The number of fused-ring (bicyclic) bond motifs is 2. The monoisotopic (exact) mass is 409 g/mol. The highest BCUT2D eigenvalue weighted by Gasteiger charge is 2.38. The Morgan fingerprint density at radius 2 is 1.94 bits per heavy atom. The molecule has 0 radical (unpaired) electrons. The summed E-state index contributed by atoms with van der Waals surface area (Å²) >= 11 is 0. The van der Waals surface area contributed by atoms with Gasteiger partial charge in [0.25, 0.3) is 0 Å². The van der Waals surface area contributed by atoms with Gasteiger partial charge in [-0.3, -0.25) is 4.79 Å². The molecule has 1 fully saturated rings. The van der Waals surface area contributed by atoms with Crippen LogP contribution in [0.15, 0.2) is 60.8 Å². The molecule has 2 aliphatic carbocycles. The Morgan fingerprint density at radius 1 is 1.13 bits per heavy atom. The van der Waals surface area contributed by atoms with Gasteiger partial charge >= 0.3 is 0 Å². The smallest absolute Gasteiger partial charge is 0.247 e. The molecule has 3 aromatic rings. The summed E-state index contributed by atoms with van der Waals surface area (Å²) in [5.74, 6) is 0.109. The van der Waals surface area contributed by atoms with Gasteiger partial charge in [0.05, 0.1) is 18.5 Å². The molecule has 156 valence electrons. The standard InChI is InChI=1S/C27H27N3O/c28-17-6-18-29-19-21(24-10-3-4-11-25(24)29)13-16-27(31)30(22-14-15-22)26-12-5-8-20-7-1-2-9-23(20)26/h1-4,7,9-11,13,16,19,22,26H,5-6,8,12,14-15,18H2/b16-13+. The molecular weight excluding hydrogens is 382 g/mol. The molecule has 0 saturated heterocycles. The molecule has 1 amide bonds. The number of amides is 1. The average Bonchev–Trinajstić information content (AvgIpc) is 3.58. The zero-order valence-corrected chi connectivity index (χ0v) is 17.7. The highest BCUT2D eigenvalue weighted by Crippen LogP contribution is 2.41. The number of aryl methyl sites for hydroxylation is 2. The highest BCUT2D eigenvalue weighted by molar-refractivity contribution is 5.97. The maximum absolute atomic E-state index is 13.4. The highest BCUT2D eigenvalue weighted by atomic mass is 16.2. The van der Waals surface area contributed by atoms with E-state index in [0.29, 0.717) is 19.0 Å². The Labute approximate surface area is 183 Å². The van der Waals surface area contributed by atoms with E-state index in [1.807, 2.05) is 18.2 Å². The van der Waals surface area contributed by atoms with Crippen LogP contribution in [0.25, 0.3) is 17.0 Å². The van der Waals surface area contributed by atoms with E-state index < -0.39 is 0 Å². The van der Waals surface area contributed by atoms with Crippen molar-refractivity contribution in [3.8, 4) is 6.07 Å². The first-order chi connectivity index (χ1) is 15.3. The van der Waals surface area contributed by atoms with Crippen LogP contribution in [0.2, 0.25) is 0 Å². The lowest BCUT2D eigenvalue weighted by molar-refractivity contribution is -0.129. The number of hydrogen-bond acceptors (Lipinski definition) is 2. The molecule has 1 aromatic heterocycles. The first kappa shape index (κ1) is 19.6. The first-order valence-corrected chi connectivity index (χ1v) is 11.3. The lowest BCUT2D eigenvalue weighted by atomic mass is 9.86. The summed E-state index contributed by atoms with van der Waals surface area (Å²) in [6, 6.07) is 19.6. The molecule has 1 atom stereocenters. The molecule has 1 heterocycles. The Morgan fingerprint density at radius 3 is 2.77 bits per heavy atom. The van der Waals surface area contributed by atoms with Gasteiger partial charge in [0.15, 0.2) is 0 Å². The number of benzene rings is 2. The minimum atomic E-state index is 0.109. The van der Waals surface area contributed by atoms with Crippen molar-refractivity contribution in [3.63, 3.8) is 0 Å². The van der Waals surface area contributed by atoms with Crippen LogP contribution in [0.4, 0.5) is 0 Å². The largest absolute Gasteiger partial charge is 0.346 e. The van der Waals surface area contributed by atoms with Gasteiger partial charge in [0, 0.05) is 41.3 Å². The summed E-state index contributed by atoms with van der Waals surface area (Å²) in [5.41, 5.74) is 4.85. The summed E-state index contributed by atoms with van der Waals surface area (Å²) in [6.07, 6.45) is 11.7. The number of carbonyl (C=O) groups excluding carboxylic acids is 1. The third-order valence-electron chi connectivity index (χ3n) is 6.56. The van der Waals surface area contributed by atoms with Gasteiger partial charge in [-0.05, 0) is 55.4 Å². The fourth-order valence-electron chi connectivity index (χ4n) is 4.97. The molecular formula is C27H27N3O. The lowest BCUT2D eigenvalue weighted by Gasteiger charge is -2.35. The van der Waals surface area contributed by atoms with Crippen molar-refractivity contribution in [2.24, 2.45) is 0 Å². The summed E-state index contributed by atoms with van der Waals surface area (Å²) in [5, 5.41) is 10.1. The SMILES string of the molecule is N#CCCn1cc(/C=C/C(=O)N(C2CC2)C2CCCc3ccccc32)c2ccccc21. The van der Waals surface area contributed by atoms with E-state index >= 15 is 0 Å². The number of nitrogens with zero attached hydrogens (tertiary/aromatic N) is 3. The zero-order chi connectivity index (χ0) is 21.2. The van der Waals surface area contributed by atoms with E-state index in [1.165, 1.54) is 11.1 Å². The van der Waals surface area contributed by atoms with Crippen LogP contribution in [-0.2, 0) is 17.8 Å². The fraction of sp³-hybridized carbons (Fsp3) is 0.333.